The van der Waals surface area contributed by atoms with Gasteiger partial charge in [-0.25, -0.2) is 14.8 Å². The Bertz CT molecular complexity index is 2300. The molecule has 1 spiro atoms. The zero-order valence-electron chi connectivity index (χ0n) is 30.2. The van der Waals surface area contributed by atoms with E-state index in [1.165, 1.54) is 11.2 Å². The van der Waals surface area contributed by atoms with Gasteiger partial charge in [-0.3, -0.25) is 14.4 Å². The van der Waals surface area contributed by atoms with Crippen LogP contribution in [0.4, 0.5) is 23.7 Å². The van der Waals surface area contributed by atoms with Crippen LogP contribution >= 0.6 is 11.6 Å². The number of aromatic hydroxyl groups is 1. The van der Waals surface area contributed by atoms with Gasteiger partial charge in [-0.05, 0) is 63.6 Å². The number of urea groups is 1. The van der Waals surface area contributed by atoms with E-state index in [0.29, 0.717) is 56.3 Å². The Morgan fingerprint density at radius 3 is 2.55 bits per heavy atom. The molecule has 15 nitrogen and oxygen atoms in total. The van der Waals surface area contributed by atoms with Gasteiger partial charge in [-0.1, -0.05) is 23.8 Å². The molecule has 0 radical (unpaired) electrons. The highest BCUT2D eigenvalue weighted by atomic mass is 35.5. The minimum atomic E-state index is -4.63. The fourth-order valence-electron chi connectivity index (χ4n) is 7.85. The van der Waals surface area contributed by atoms with Gasteiger partial charge in [0.2, 0.25) is 11.7 Å². The molecule has 1 unspecified atom stereocenters. The lowest BCUT2D eigenvalue weighted by atomic mass is 9.66. The summed E-state index contributed by atoms with van der Waals surface area (Å²) in [5.41, 5.74) is -0.960. The number of fused-ring (bicyclic) bond motifs is 3. The molecule has 2 aliphatic heterocycles. The van der Waals surface area contributed by atoms with Gasteiger partial charge in [0.15, 0.2) is 17.3 Å². The monoisotopic (exact) mass is 782 g/mol. The molecule has 3 aliphatic rings. The normalized spacial score (nSPS) is 18.1. The summed E-state index contributed by atoms with van der Waals surface area (Å²) in [7, 11) is 3.26. The van der Waals surface area contributed by atoms with Crippen molar-refractivity contribution in [2.45, 2.75) is 69.6 Å². The molecule has 5 heterocycles. The summed E-state index contributed by atoms with van der Waals surface area (Å²) in [5.74, 6) is -1.12. The Kier molecular flexibility index (Phi) is 9.81. The number of amides is 4. The van der Waals surface area contributed by atoms with Crippen LogP contribution in [-0.4, -0.2) is 101 Å². The van der Waals surface area contributed by atoms with Gasteiger partial charge in [-0.2, -0.15) is 22.7 Å². The van der Waals surface area contributed by atoms with Gasteiger partial charge in [0.1, 0.15) is 12.9 Å². The van der Waals surface area contributed by atoms with Crippen molar-refractivity contribution < 1.29 is 32.7 Å². The van der Waals surface area contributed by atoms with Crippen LogP contribution in [0, 0.1) is 6.92 Å². The molecule has 4 aromatic rings. The summed E-state index contributed by atoms with van der Waals surface area (Å²) in [6.07, 6.45) is 3.19. The standard InChI is InChI=1S/C36H38ClF3N10O5/c1-20-29(52)28(42-19-41-20)32(54)47-15-12-35(13-16-47)11-6-8-24-27(35)31(53)50-33(44-30(45-50)25-7-4-5-14-48(25)34(55)46(2)3)49(24)18-26(51)43-23-10-9-21(17-22(23)37)36(38,39)40/h4-5,9-10,17,19,25,52H,6-8,11-16,18H2,1-3H3,(H,43,51). The van der Waals surface area contributed by atoms with Gasteiger partial charge < -0.3 is 29.7 Å². The molecule has 2 N–H and O–H groups in total. The zero-order valence-corrected chi connectivity index (χ0v) is 31.0. The highest BCUT2D eigenvalue weighted by Crippen LogP contribution is 2.44. The second-order valence-corrected chi connectivity index (χ2v) is 14.7. The van der Waals surface area contributed by atoms with Crippen molar-refractivity contribution in [3.63, 3.8) is 0 Å². The average molecular weight is 783 g/mol. The van der Waals surface area contributed by atoms with Crippen LogP contribution in [0.2, 0.25) is 5.02 Å². The van der Waals surface area contributed by atoms with E-state index in [2.05, 4.69) is 20.4 Å². The zero-order chi connectivity index (χ0) is 39.4. The second kappa shape index (κ2) is 14.3. The molecule has 4 amide bonds. The van der Waals surface area contributed by atoms with E-state index >= 15 is 0 Å². The minimum Gasteiger partial charge on any atom is -0.504 e. The van der Waals surface area contributed by atoms with E-state index in [1.807, 2.05) is 12.2 Å². The molecule has 7 rings (SSSR count). The molecule has 1 fully saturated rings. The van der Waals surface area contributed by atoms with Crippen molar-refractivity contribution in [3.05, 3.63) is 86.1 Å². The largest absolute Gasteiger partial charge is 0.504 e. The third-order valence-electron chi connectivity index (χ3n) is 10.7. The number of carbonyl (C=O) groups excluding carboxylic acids is 3. The number of alkyl halides is 3. The van der Waals surface area contributed by atoms with Gasteiger partial charge in [0, 0.05) is 50.4 Å². The van der Waals surface area contributed by atoms with E-state index < -0.39 is 40.6 Å². The third-order valence-corrected chi connectivity index (χ3v) is 11.0. The van der Waals surface area contributed by atoms with Crippen LogP contribution in [0.5, 0.6) is 5.75 Å². The number of hydrogen-bond donors (Lipinski definition) is 2. The van der Waals surface area contributed by atoms with Crippen LogP contribution < -0.4 is 10.9 Å². The first-order chi connectivity index (χ1) is 26.1. The quantitative estimate of drug-likeness (QED) is 0.277. The van der Waals surface area contributed by atoms with Crippen LogP contribution in [0.15, 0.2) is 41.5 Å². The molecule has 290 valence electrons. The SMILES string of the molecule is Cc1ncnc(C(=O)N2CCC3(CCCc4c3c(=O)n3nc(C5CC=CCN5C(=O)N(C)C)nc3n4CC(=O)Nc3ccc(C(F)(F)F)cc3Cl)CC2)c1O. The van der Waals surface area contributed by atoms with Crippen molar-refractivity contribution in [1.29, 1.82) is 0 Å². The Morgan fingerprint density at radius 1 is 1.11 bits per heavy atom. The molecule has 1 atom stereocenters. The van der Waals surface area contributed by atoms with E-state index in [1.54, 1.807) is 35.4 Å². The first-order valence-corrected chi connectivity index (χ1v) is 18.1. The molecule has 55 heavy (non-hydrogen) atoms. The van der Waals surface area contributed by atoms with Crippen LogP contribution in [0.25, 0.3) is 5.78 Å². The fourth-order valence-corrected chi connectivity index (χ4v) is 8.08. The lowest BCUT2D eigenvalue weighted by molar-refractivity contribution is -0.137. The van der Waals surface area contributed by atoms with E-state index in [4.69, 9.17) is 16.6 Å². The third kappa shape index (κ3) is 6.87. The number of carbonyl (C=O) groups is 3. The molecule has 19 heteroatoms. The summed E-state index contributed by atoms with van der Waals surface area (Å²) >= 11 is 6.17. The molecular weight excluding hydrogens is 745 g/mol. The number of nitrogens with zero attached hydrogens (tertiary/aromatic N) is 9. The smallest absolute Gasteiger partial charge is 0.416 e. The summed E-state index contributed by atoms with van der Waals surface area (Å²) in [6.45, 7) is 1.98. The molecule has 3 aromatic heterocycles. The maximum Gasteiger partial charge on any atom is 0.416 e. The van der Waals surface area contributed by atoms with Crippen LogP contribution in [0.3, 0.4) is 0 Å². The van der Waals surface area contributed by atoms with Crippen molar-refractivity contribution in [1.82, 2.24) is 43.8 Å². The number of likely N-dealkylation sites (tertiary alicyclic amines) is 1. The number of aromatic nitrogens is 6. The number of benzene rings is 1. The number of piperidine rings is 1. The van der Waals surface area contributed by atoms with Crippen molar-refractivity contribution in [3.8, 4) is 5.75 Å². The van der Waals surface area contributed by atoms with Crippen molar-refractivity contribution >= 4 is 40.9 Å². The van der Waals surface area contributed by atoms with Crippen LogP contribution in [0.1, 0.15) is 77.0 Å². The number of hydrogen-bond acceptors (Lipinski definition) is 9. The summed E-state index contributed by atoms with van der Waals surface area (Å²) < 4.78 is 42.7. The Balaban J connectivity index is 1.29. The predicted molar refractivity (Wildman–Crippen MR) is 193 cm³/mol. The molecule has 0 saturated carbocycles. The number of anilines is 1. The number of rotatable bonds is 5. The van der Waals surface area contributed by atoms with Gasteiger partial charge in [0.05, 0.1) is 28.0 Å². The van der Waals surface area contributed by atoms with Crippen molar-refractivity contribution in [2.75, 3.05) is 39.0 Å². The maximum atomic E-state index is 14.7. The van der Waals surface area contributed by atoms with Crippen LogP contribution in [-0.2, 0) is 29.4 Å². The summed E-state index contributed by atoms with van der Waals surface area (Å²) in [6, 6.07) is 1.73. The maximum absolute atomic E-state index is 14.7. The Labute approximate surface area is 317 Å². The first-order valence-electron chi connectivity index (χ1n) is 17.7. The number of aryl methyl sites for hydroxylation is 1. The summed E-state index contributed by atoms with van der Waals surface area (Å²) in [5, 5.41) is 17.5. The average Bonchev–Trinajstić information content (AvgIpc) is 3.60. The summed E-state index contributed by atoms with van der Waals surface area (Å²) in [4.78, 5) is 72.4. The topological polar surface area (TPSA) is 171 Å². The molecule has 1 aliphatic carbocycles. The second-order valence-electron chi connectivity index (χ2n) is 14.3. The molecule has 1 aromatic carbocycles. The number of halogens is 4. The fraction of sp³-hybridized carbons (Fsp3) is 0.444. The van der Waals surface area contributed by atoms with E-state index in [0.717, 1.165) is 22.7 Å². The van der Waals surface area contributed by atoms with Crippen molar-refractivity contribution in [2.24, 2.45) is 0 Å². The highest BCUT2D eigenvalue weighted by Gasteiger charge is 2.45. The highest BCUT2D eigenvalue weighted by molar-refractivity contribution is 6.33. The Hall–Kier alpha value is -5.52. The first kappa shape index (κ1) is 37.8. The van der Waals surface area contributed by atoms with Gasteiger partial charge >= 0.3 is 12.2 Å². The number of nitrogens with one attached hydrogen (secondary N) is 1. The minimum absolute atomic E-state index is 0.0296. The van der Waals surface area contributed by atoms with Gasteiger partial charge in [0.25, 0.3) is 11.5 Å². The molecular formula is C36H38ClF3N10O5. The van der Waals surface area contributed by atoms with E-state index in [9.17, 15) is 37.5 Å². The molecule has 0 bridgehead atoms. The lowest BCUT2D eigenvalue weighted by Crippen LogP contribution is -2.50. The van der Waals surface area contributed by atoms with Gasteiger partial charge in [-0.15, -0.1) is 5.10 Å². The Morgan fingerprint density at radius 2 is 1.85 bits per heavy atom. The lowest BCUT2D eigenvalue weighted by Gasteiger charge is -2.45. The van der Waals surface area contributed by atoms with E-state index in [-0.39, 0.29) is 65.1 Å². The predicted octanol–water partition coefficient (Wildman–Crippen LogP) is 4.50. The molecule has 1 saturated heterocycles.